The lowest BCUT2D eigenvalue weighted by atomic mass is 10.1. The summed E-state index contributed by atoms with van der Waals surface area (Å²) < 4.78 is 13.4. The van der Waals surface area contributed by atoms with E-state index < -0.39 is 16.6 Å². The monoisotopic (exact) mass is 238 g/mol. The van der Waals surface area contributed by atoms with E-state index in [2.05, 4.69) is 0 Å². The zero-order valence-electron chi connectivity index (χ0n) is 9.14. The molecule has 0 unspecified atom stereocenters. The summed E-state index contributed by atoms with van der Waals surface area (Å²) in [4.78, 5) is 20.5. The number of primary amides is 1. The van der Waals surface area contributed by atoms with E-state index in [1.807, 2.05) is 0 Å². The van der Waals surface area contributed by atoms with Crippen LogP contribution in [0.2, 0.25) is 0 Å². The first-order chi connectivity index (χ1) is 7.91. The van der Waals surface area contributed by atoms with E-state index in [1.165, 1.54) is 19.1 Å². The number of carbonyl (C=O) groups is 1. The van der Waals surface area contributed by atoms with Crippen molar-refractivity contribution in [1.82, 2.24) is 0 Å². The normalized spacial score (nSPS) is 10.7. The van der Waals surface area contributed by atoms with Gasteiger partial charge in [0.15, 0.2) is 0 Å². The van der Waals surface area contributed by atoms with E-state index in [1.54, 1.807) is 0 Å². The summed E-state index contributed by atoms with van der Waals surface area (Å²) in [6.45, 7) is 1.46. The van der Waals surface area contributed by atoms with Crippen LogP contribution in [0.15, 0.2) is 18.2 Å². The van der Waals surface area contributed by atoms with E-state index in [4.69, 9.17) is 5.73 Å². The number of rotatable bonds is 4. The molecule has 5 nitrogen and oxygen atoms in total. The quantitative estimate of drug-likeness (QED) is 0.642. The molecule has 0 aliphatic carbocycles. The molecule has 1 amide bonds. The van der Waals surface area contributed by atoms with Crippen molar-refractivity contribution in [3.8, 4) is 0 Å². The smallest absolute Gasteiger partial charge is 0.273 e. The van der Waals surface area contributed by atoms with Gasteiger partial charge in [-0.25, -0.2) is 4.39 Å². The van der Waals surface area contributed by atoms with Crippen molar-refractivity contribution >= 4 is 17.7 Å². The predicted octanol–water partition coefficient (Wildman–Crippen LogP) is 1.93. The number of aryl methyl sites for hydroxylation is 1. The van der Waals surface area contributed by atoms with Gasteiger partial charge in [-0.2, -0.15) is 0 Å². The Morgan fingerprint density at radius 2 is 2.24 bits per heavy atom. The number of nitro benzene ring substituents is 1. The standard InChI is InChI=1S/C11H11FN2O3/c1-7-5-9(12)8(3-2-4-11(13)15)6-10(7)14(16)17/h2-3,5-6H,4H2,1H3,(H2,13,15). The third-order valence-corrected chi connectivity index (χ3v) is 2.13. The second-order valence-electron chi connectivity index (χ2n) is 3.49. The Hall–Kier alpha value is -2.24. The molecule has 1 aromatic rings. The van der Waals surface area contributed by atoms with Crippen LogP contribution in [-0.4, -0.2) is 10.8 Å². The third-order valence-electron chi connectivity index (χ3n) is 2.13. The average Bonchev–Trinajstić information content (AvgIpc) is 2.20. The summed E-state index contributed by atoms with van der Waals surface area (Å²) in [6, 6.07) is 2.21. The van der Waals surface area contributed by atoms with E-state index in [-0.39, 0.29) is 23.2 Å². The van der Waals surface area contributed by atoms with Crippen molar-refractivity contribution in [3.63, 3.8) is 0 Å². The third kappa shape index (κ3) is 3.37. The highest BCUT2D eigenvalue weighted by atomic mass is 19.1. The van der Waals surface area contributed by atoms with Crippen LogP contribution >= 0.6 is 0 Å². The van der Waals surface area contributed by atoms with Crippen LogP contribution in [0.4, 0.5) is 10.1 Å². The maximum atomic E-state index is 13.4. The molecular formula is C11H11FN2O3. The Morgan fingerprint density at radius 1 is 1.59 bits per heavy atom. The van der Waals surface area contributed by atoms with Gasteiger partial charge in [-0.1, -0.05) is 12.2 Å². The first-order valence-corrected chi connectivity index (χ1v) is 4.81. The van der Waals surface area contributed by atoms with Gasteiger partial charge in [0.2, 0.25) is 5.91 Å². The SMILES string of the molecule is Cc1cc(F)c(C=CCC(N)=O)cc1[N+](=O)[O-]. The fourth-order valence-electron chi connectivity index (χ4n) is 1.30. The number of benzene rings is 1. The van der Waals surface area contributed by atoms with E-state index >= 15 is 0 Å². The Bertz CT molecular complexity index is 498. The molecular weight excluding hydrogens is 227 g/mol. The van der Waals surface area contributed by atoms with Crippen molar-refractivity contribution in [2.75, 3.05) is 0 Å². The van der Waals surface area contributed by atoms with Gasteiger partial charge < -0.3 is 5.73 Å². The first-order valence-electron chi connectivity index (χ1n) is 4.81. The van der Waals surface area contributed by atoms with Crippen molar-refractivity contribution in [2.24, 2.45) is 5.73 Å². The van der Waals surface area contributed by atoms with E-state index in [0.717, 1.165) is 12.1 Å². The van der Waals surface area contributed by atoms with Crippen LogP contribution in [0.3, 0.4) is 0 Å². The lowest BCUT2D eigenvalue weighted by molar-refractivity contribution is -0.385. The lowest BCUT2D eigenvalue weighted by Crippen LogP contribution is -2.07. The van der Waals surface area contributed by atoms with Crippen molar-refractivity contribution in [1.29, 1.82) is 0 Å². The van der Waals surface area contributed by atoms with E-state index in [0.29, 0.717) is 0 Å². The highest BCUT2D eigenvalue weighted by Gasteiger charge is 2.13. The number of nitrogens with two attached hydrogens (primary N) is 1. The molecule has 0 fully saturated rings. The molecule has 0 aliphatic heterocycles. The van der Waals surface area contributed by atoms with Crippen LogP contribution in [0.1, 0.15) is 17.5 Å². The maximum Gasteiger partial charge on any atom is 0.273 e. The molecule has 1 aromatic carbocycles. The van der Waals surface area contributed by atoms with Gasteiger partial charge >= 0.3 is 0 Å². The van der Waals surface area contributed by atoms with Crippen LogP contribution in [0.5, 0.6) is 0 Å². The predicted molar refractivity (Wildman–Crippen MR) is 60.6 cm³/mol. The minimum Gasteiger partial charge on any atom is -0.369 e. The number of nitro groups is 1. The van der Waals surface area contributed by atoms with Gasteiger partial charge in [-0.3, -0.25) is 14.9 Å². The molecule has 0 spiro atoms. The second kappa shape index (κ2) is 5.20. The van der Waals surface area contributed by atoms with Gasteiger partial charge in [-0.15, -0.1) is 0 Å². The number of halogens is 1. The summed E-state index contributed by atoms with van der Waals surface area (Å²) in [5.41, 5.74) is 5.05. The molecule has 17 heavy (non-hydrogen) atoms. The zero-order chi connectivity index (χ0) is 13.0. The summed E-state index contributed by atoms with van der Waals surface area (Å²) in [6.07, 6.45) is 2.62. The van der Waals surface area contributed by atoms with Crippen LogP contribution in [0.25, 0.3) is 6.08 Å². The van der Waals surface area contributed by atoms with Gasteiger partial charge in [0, 0.05) is 23.6 Å². The number of hydrogen-bond donors (Lipinski definition) is 1. The first kappa shape index (κ1) is 12.8. The Labute approximate surface area is 96.9 Å². The molecule has 0 atom stereocenters. The fourth-order valence-corrected chi connectivity index (χ4v) is 1.30. The van der Waals surface area contributed by atoms with Gasteiger partial charge in [0.05, 0.1) is 4.92 Å². The molecule has 0 heterocycles. The summed E-state index contributed by atoms with van der Waals surface area (Å²) in [7, 11) is 0. The minimum absolute atomic E-state index is 0.0406. The summed E-state index contributed by atoms with van der Waals surface area (Å²) >= 11 is 0. The molecule has 0 aromatic heterocycles. The molecule has 6 heteroatoms. The van der Waals surface area contributed by atoms with Crippen molar-refractivity contribution < 1.29 is 14.1 Å². The van der Waals surface area contributed by atoms with Crippen molar-refractivity contribution in [2.45, 2.75) is 13.3 Å². The maximum absolute atomic E-state index is 13.4. The van der Waals surface area contributed by atoms with Crippen molar-refractivity contribution in [3.05, 3.63) is 45.3 Å². The minimum atomic E-state index is -0.583. The molecule has 90 valence electrons. The molecule has 1 rings (SSSR count). The van der Waals surface area contributed by atoms with E-state index in [9.17, 15) is 19.3 Å². The second-order valence-corrected chi connectivity index (χ2v) is 3.49. The number of amides is 1. The fraction of sp³-hybridized carbons (Fsp3) is 0.182. The largest absolute Gasteiger partial charge is 0.369 e. The topological polar surface area (TPSA) is 86.2 Å². The van der Waals surface area contributed by atoms with Crippen LogP contribution in [-0.2, 0) is 4.79 Å². The molecule has 0 radical (unpaired) electrons. The van der Waals surface area contributed by atoms with Gasteiger partial charge in [-0.05, 0) is 13.0 Å². The summed E-state index contributed by atoms with van der Waals surface area (Å²) in [5, 5.41) is 10.7. The Kier molecular flexibility index (Phi) is 3.92. The highest BCUT2D eigenvalue weighted by molar-refractivity contribution is 5.76. The number of hydrogen-bond acceptors (Lipinski definition) is 3. The highest BCUT2D eigenvalue weighted by Crippen LogP contribution is 2.23. The van der Waals surface area contributed by atoms with Gasteiger partial charge in [0.25, 0.3) is 5.69 Å². The number of nitrogens with zero attached hydrogens (tertiary/aromatic N) is 1. The molecule has 0 saturated heterocycles. The Balaban J connectivity index is 3.07. The zero-order valence-corrected chi connectivity index (χ0v) is 9.14. The summed E-state index contributed by atoms with van der Waals surface area (Å²) in [5.74, 6) is -1.13. The molecule has 0 aliphatic rings. The van der Waals surface area contributed by atoms with Crippen LogP contribution in [0, 0.1) is 22.9 Å². The molecule has 2 N–H and O–H groups in total. The van der Waals surface area contributed by atoms with Gasteiger partial charge in [0.1, 0.15) is 5.82 Å². The molecule has 0 bridgehead atoms. The lowest BCUT2D eigenvalue weighted by Gasteiger charge is -2.01. The average molecular weight is 238 g/mol. The number of carbonyl (C=O) groups excluding carboxylic acids is 1. The molecule has 0 saturated carbocycles. The van der Waals surface area contributed by atoms with Crippen LogP contribution < -0.4 is 5.73 Å². The Morgan fingerprint density at radius 3 is 2.76 bits per heavy atom.